The molecule has 1 aromatic rings. The molecule has 27 heavy (non-hydrogen) atoms. The van der Waals surface area contributed by atoms with Crippen LogP contribution in [-0.4, -0.2) is 48.5 Å². The largest absolute Gasteiger partial charge is 0.497 e. The quantitative estimate of drug-likeness (QED) is 0.806. The molecule has 2 amide bonds. The van der Waals surface area contributed by atoms with Crippen LogP contribution in [0.4, 0.5) is 5.69 Å². The molecule has 3 fully saturated rings. The third-order valence-electron chi connectivity index (χ3n) is 6.18. The Morgan fingerprint density at radius 1 is 1.15 bits per heavy atom. The summed E-state index contributed by atoms with van der Waals surface area (Å²) in [6.45, 7) is 1.26. The lowest BCUT2D eigenvalue weighted by Crippen LogP contribution is -2.60. The molecule has 0 unspecified atom stereocenters. The van der Waals surface area contributed by atoms with E-state index in [-0.39, 0.29) is 17.7 Å². The zero-order valence-electron chi connectivity index (χ0n) is 16.0. The van der Waals surface area contributed by atoms with E-state index in [4.69, 9.17) is 4.74 Å². The molecular formula is C21H29N3O3. The topological polar surface area (TPSA) is 70.7 Å². The van der Waals surface area contributed by atoms with Crippen molar-refractivity contribution in [3.63, 3.8) is 0 Å². The maximum absolute atomic E-state index is 13.1. The Kier molecular flexibility index (Phi) is 4.98. The van der Waals surface area contributed by atoms with Crippen molar-refractivity contribution < 1.29 is 14.3 Å². The van der Waals surface area contributed by atoms with Gasteiger partial charge in [0.1, 0.15) is 11.3 Å². The summed E-state index contributed by atoms with van der Waals surface area (Å²) < 4.78 is 5.31. The van der Waals surface area contributed by atoms with Crippen molar-refractivity contribution in [3.05, 3.63) is 24.3 Å². The van der Waals surface area contributed by atoms with Crippen LogP contribution < -0.4 is 15.4 Å². The molecule has 0 spiro atoms. The van der Waals surface area contributed by atoms with E-state index in [1.54, 1.807) is 7.11 Å². The Morgan fingerprint density at radius 2 is 1.89 bits per heavy atom. The number of anilines is 1. The maximum atomic E-state index is 13.1. The molecule has 1 saturated heterocycles. The number of carbonyl (C=O) groups excluding carboxylic acids is 2. The number of nitrogens with zero attached hydrogens (tertiary/aromatic N) is 1. The number of ether oxygens (including phenoxy) is 1. The van der Waals surface area contributed by atoms with Gasteiger partial charge in [0.2, 0.25) is 11.8 Å². The summed E-state index contributed by atoms with van der Waals surface area (Å²) in [5.74, 6) is 1.31. The molecule has 1 aromatic carbocycles. The van der Waals surface area contributed by atoms with Gasteiger partial charge in [-0.25, -0.2) is 0 Å². The van der Waals surface area contributed by atoms with Gasteiger partial charge in [-0.05, 0) is 50.7 Å². The second-order valence-electron chi connectivity index (χ2n) is 8.14. The zero-order chi connectivity index (χ0) is 18.9. The molecule has 0 radical (unpaired) electrons. The van der Waals surface area contributed by atoms with Crippen LogP contribution in [0, 0.1) is 5.92 Å². The van der Waals surface area contributed by atoms with Gasteiger partial charge in [0.05, 0.1) is 7.11 Å². The SMILES string of the molecule is COc1cccc(NC2(C(=O)NC3CC3)CCN(C(=O)C3CCC3)CC2)c1. The van der Waals surface area contributed by atoms with Crippen molar-refractivity contribution in [2.75, 3.05) is 25.5 Å². The average Bonchev–Trinajstić information content (AvgIpc) is 3.45. The predicted octanol–water partition coefficient (Wildman–Crippen LogP) is 2.55. The first-order chi connectivity index (χ1) is 13.1. The highest BCUT2D eigenvalue weighted by molar-refractivity contribution is 5.90. The van der Waals surface area contributed by atoms with E-state index in [2.05, 4.69) is 10.6 Å². The summed E-state index contributed by atoms with van der Waals surface area (Å²) in [6, 6.07) is 8.00. The number of nitrogens with one attached hydrogen (secondary N) is 2. The third kappa shape index (κ3) is 3.89. The molecule has 1 heterocycles. The van der Waals surface area contributed by atoms with E-state index < -0.39 is 5.54 Å². The third-order valence-corrected chi connectivity index (χ3v) is 6.18. The summed E-state index contributed by atoms with van der Waals surface area (Å²) in [4.78, 5) is 27.6. The number of piperidine rings is 1. The summed E-state index contributed by atoms with van der Waals surface area (Å²) in [5.41, 5.74) is 0.199. The van der Waals surface area contributed by atoms with Crippen molar-refractivity contribution in [3.8, 4) is 5.75 Å². The molecule has 2 N–H and O–H groups in total. The van der Waals surface area contributed by atoms with Gasteiger partial charge in [-0.3, -0.25) is 9.59 Å². The number of carbonyl (C=O) groups is 2. The van der Waals surface area contributed by atoms with Crippen LogP contribution in [0.2, 0.25) is 0 Å². The zero-order valence-corrected chi connectivity index (χ0v) is 16.0. The Hall–Kier alpha value is -2.24. The number of benzene rings is 1. The van der Waals surface area contributed by atoms with Gasteiger partial charge < -0.3 is 20.3 Å². The summed E-state index contributed by atoms with van der Waals surface area (Å²) >= 11 is 0. The Balaban J connectivity index is 1.48. The van der Waals surface area contributed by atoms with Gasteiger partial charge in [0.25, 0.3) is 0 Å². The number of methoxy groups -OCH3 is 1. The van der Waals surface area contributed by atoms with Gasteiger partial charge in [-0.1, -0.05) is 12.5 Å². The normalized spacial score (nSPS) is 21.9. The Morgan fingerprint density at radius 3 is 2.48 bits per heavy atom. The van der Waals surface area contributed by atoms with Crippen LogP contribution in [0.1, 0.15) is 44.9 Å². The van der Waals surface area contributed by atoms with Crippen molar-refractivity contribution in [2.24, 2.45) is 5.92 Å². The monoisotopic (exact) mass is 371 g/mol. The maximum Gasteiger partial charge on any atom is 0.246 e. The average molecular weight is 371 g/mol. The molecule has 6 nitrogen and oxygen atoms in total. The fourth-order valence-electron chi connectivity index (χ4n) is 3.96. The lowest BCUT2D eigenvalue weighted by Gasteiger charge is -2.43. The van der Waals surface area contributed by atoms with E-state index in [0.29, 0.717) is 32.0 Å². The molecule has 146 valence electrons. The summed E-state index contributed by atoms with van der Waals surface area (Å²) in [6.07, 6.45) is 6.58. The lowest BCUT2D eigenvalue weighted by molar-refractivity contribution is -0.141. The highest BCUT2D eigenvalue weighted by Gasteiger charge is 2.45. The highest BCUT2D eigenvalue weighted by atomic mass is 16.5. The molecule has 0 aromatic heterocycles. The summed E-state index contributed by atoms with van der Waals surface area (Å²) in [7, 11) is 1.64. The van der Waals surface area contributed by atoms with E-state index in [1.807, 2.05) is 29.2 Å². The molecule has 2 saturated carbocycles. The smallest absolute Gasteiger partial charge is 0.246 e. The summed E-state index contributed by atoms with van der Waals surface area (Å²) in [5, 5.41) is 6.65. The molecule has 1 aliphatic heterocycles. The molecule has 4 rings (SSSR count). The molecule has 6 heteroatoms. The second kappa shape index (κ2) is 7.41. The minimum atomic E-state index is -0.675. The van der Waals surface area contributed by atoms with E-state index in [0.717, 1.165) is 43.5 Å². The van der Waals surface area contributed by atoms with Crippen LogP contribution in [0.3, 0.4) is 0 Å². The van der Waals surface area contributed by atoms with Gasteiger partial charge >= 0.3 is 0 Å². The Labute approximate surface area is 160 Å². The first-order valence-electron chi connectivity index (χ1n) is 10.1. The first-order valence-corrected chi connectivity index (χ1v) is 10.1. The van der Waals surface area contributed by atoms with Gasteiger partial charge in [0.15, 0.2) is 0 Å². The van der Waals surface area contributed by atoms with Crippen LogP contribution in [0.15, 0.2) is 24.3 Å². The van der Waals surface area contributed by atoms with Gasteiger partial charge in [-0.2, -0.15) is 0 Å². The highest BCUT2D eigenvalue weighted by Crippen LogP contribution is 2.34. The number of hydrogen-bond acceptors (Lipinski definition) is 4. The van der Waals surface area contributed by atoms with Crippen molar-refractivity contribution in [1.29, 1.82) is 0 Å². The molecule has 3 aliphatic rings. The van der Waals surface area contributed by atoms with Crippen LogP contribution in [-0.2, 0) is 9.59 Å². The standard InChI is InChI=1S/C21H29N3O3/c1-27-18-7-3-6-17(14-18)23-21(20(26)22-16-8-9-16)10-12-24(13-11-21)19(25)15-4-2-5-15/h3,6-7,14-16,23H,2,4-5,8-13H2,1H3,(H,22,26). The van der Waals surface area contributed by atoms with E-state index in [1.165, 1.54) is 0 Å². The minimum Gasteiger partial charge on any atom is -0.497 e. The fraction of sp³-hybridized carbons (Fsp3) is 0.619. The van der Waals surface area contributed by atoms with Crippen molar-refractivity contribution in [1.82, 2.24) is 10.2 Å². The number of amides is 2. The molecular weight excluding hydrogens is 342 g/mol. The number of hydrogen-bond donors (Lipinski definition) is 2. The van der Waals surface area contributed by atoms with Crippen molar-refractivity contribution in [2.45, 2.75) is 56.5 Å². The van der Waals surface area contributed by atoms with Gasteiger partial charge in [0, 0.05) is 36.8 Å². The first kappa shape index (κ1) is 18.1. The minimum absolute atomic E-state index is 0.0589. The molecule has 0 bridgehead atoms. The molecule has 2 aliphatic carbocycles. The van der Waals surface area contributed by atoms with E-state index >= 15 is 0 Å². The molecule has 0 atom stereocenters. The predicted molar refractivity (Wildman–Crippen MR) is 104 cm³/mol. The van der Waals surface area contributed by atoms with E-state index in [9.17, 15) is 9.59 Å². The van der Waals surface area contributed by atoms with Crippen LogP contribution in [0.5, 0.6) is 5.75 Å². The fourth-order valence-corrected chi connectivity index (χ4v) is 3.96. The number of likely N-dealkylation sites (tertiary alicyclic amines) is 1. The Bertz CT molecular complexity index is 704. The van der Waals surface area contributed by atoms with Crippen LogP contribution in [0.25, 0.3) is 0 Å². The second-order valence-corrected chi connectivity index (χ2v) is 8.14. The van der Waals surface area contributed by atoms with Gasteiger partial charge in [-0.15, -0.1) is 0 Å². The van der Waals surface area contributed by atoms with Crippen LogP contribution >= 0.6 is 0 Å². The number of rotatable bonds is 6. The van der Waals surface area contributed by atoms with Crippen molar-refractivity contribution >= 4 is 17.5 Å². The lowest BCUT2D eigenvalue weighted by atomic mass is 9.82.